The fourth-order valence-electron chi connectivity index (χ4n) is 1.79. The largest absolute Gasteiger partial charge is 0.359 e. The van der Waals surface area contributed by atoms with Crippen LogP contribution in [0.3, 0.4) is 0 Å². The van der Waals surface area contributed by atoms with Crippen LogP contribution in [-0.4, -0.2) is 23.6 Å². The second kappa shape index (κ2) is 5.19. The molecular weight excluding hydrogens is 254 g/mol. The first kappa shape index (κ1) is 12.6. The van der Waals surface area contributed by atoms with Crippen LogP contribution in [0.15, 0.2) is 11.4 Å². The molecule has 0 spiro atoms. The van der Waals surface area contributed by atoms with E-state index in [9.17, 15) is 0 Å². The van der Waals surface area contributed by atoms with Gasteiger partial charge in [-0.1, -0.05) is 20.3 Å². The Kier molecular flexibility index (Phi) is 3.84. The van der Waals surface area contributed by atoms with E-state index in [2.05, 4.69) is 41.8 Å². The zero-order chi connectivity index (χ0) is 12.4. The minimum Gasteiger partial charge on any atom is -0.359 e. The van der Waals surface area contributed by atoms with E-state index in [0.717, 1.165) is 29.0 Å². The molecule has 0 amide bonds. The molecule has 17 heavy (non-hydrogen) atoms. The molecule has 2 aromatic rings. The van der Waals surface area contributed by atoms with Crippen LogP contribution >= 0.6 is 22.9 Å². The molecule has 2 rings (SSSR count). The van der Waals surface area contributed by atoms with Gasteiger partial charge in [0.15, 0.2) is 0 Å². The maximum atomic E-state index is 5.95. The summed E-state index contributed by atoms with van der Waals surface area (Å²) in [6.07, 6.45) is 1.16. The van der Waals surface area contributed by atoms with Crippen molar-refractivity contribution in [2.75, 3.05) is 18.5 Å². The minimum absolute atomic E-state index is 0.325. The summed E-state index contributed by atoms with van der Waals surface area (Å²) in [6.45, 7) is 5.42. The summed E-state index contributed by atoms with van der Waals surface area (Å²) in [4.78, 5) is 11.7. The predicted octanol–water partition coefficient (Wildman–Crippen LogP) is 3.83. The number of hydrogen-bond acceptors (Lipinski definition) is 4. The molecule has 0 radical (unpaired) electrons. The van der Waals surface area contributed by atoms with E-state index in [1.54, 1.807) is 11.3 Å². The van der Waals surface area contributed by atoms with Crippen molar-refractivity contribution in [1.29, 1.82) is 0 Å². The molecule has 0 saturated carbocycles. The lowest BCUT2D eigenvalue weighted by atomic mass is 10.1. The summed E-state index contributed by atoms with van der Waals surface area (Å²) < 4.78 is 0. The normalized spacial score (nSPS) is 12.9. The van der Waals surface area contributed by atoms with Crippen molar-refractivity contribution in [3.63, 3.8) is 0 Å². The zero-order valence-electron chi connectivity index (χ0n) is 10.3. The fourth-order valence-corrected chi connectivity index (χ4v) is 2.76. The molecule has 5 heteroatoms. The van der Waals surface area contributed by atoms with Crippen molar-refractivity contribution in [2.24, 2.45) is 5.92 Å². The van der Waals surface area contributed by atoms with Crippen LogP contribution in [0.4, 0.5) is 5.82 Å². The number of aromatic nitrogens is 2. The fraction of sp³-hybridized carbons (Fsp3) is 0.500. The van der Waals surface area contributed by atoms with Gasteiger partial charge in [-0.3, -0.25) is 0 Å². The average molecular weight is 270 g/mol. The summed E-state index contributed by atoms with van der Waals surface area (Å²) >= 11 is 7.55. The van der Waals surface area contributed by atoms with Crippen LogP contribution < -0.4 is 4.90 Å². The number of nitrogens with zero attached hydrogens (tertiary/aromatic N) is 3. The third-order valence-electron chi connectivity index (χ3n) is 2.92. The zero-order valence-corrected chi connectivity index (χ0v) is 11.8. The standard InChI is InChI=1S/C12H16ClN3S/c1-4-8(2)7-16(3)10-9-5-6-17-11(9)15-12(13)14-10/h5-6,8H,4,7H2,1-3H3. The molecule has 1 atom stereocenters. The second-order valence-corrected chi connectivity index (χ2v) is 5.58. The van der Waals surface area contributed by atoms with Gasteiger partial charge in [-0.05, 0) is 29.0 Å². The average Bonchev–Trinajstić information content (AvgIpc) is 2.75. The minimum atomic E-state index is 0.325. The van der Waals surface area contributed by atoms with Gasteiger partial charge in [0, 0.05) is 13.6 Å². The Balaban J connectivity index is 2.36. The third kappa shape index (κ3) is 2.69. The predicted molar refractivity (Wildman–Crippen MR) is 75.2 cm³/mol. The summed E-state index contributed by atoms with van der Waals surface area (Å²) in [6, 6.07) is 2.05. The first-order chi connectivity index (χ1) is 8.11. The van der Waals surface area contributed by atoms with Crippen LogP contribution in [0.25, 0.3) is 10.2 Å². The Morgan fingerprint density at radius 3 is 2.94 bits per heavy atom. The van der Waals surface area contributed by atoms with Gasteiger partial charge < -0.3 is 4.90 Å². The molecule has 0 N–H and O–H groups in total. The highest BCUT2D eigenvalue weighted by atomic mass is 35.5. The van der Waals surface area contributed by atoms with Gasteiger partial charge in [0.2, 0.25) is 5.28 Å². The molecule has 0 aliphatic heterocycles. The molecule has 3 nitrogen and oxygen atoms in total. The first-order valence-corrected chi connectivity index (χ1v) is 6.99. The molecule has 92 valence electrons. The van der Waals surface area contributed by atoms with Crippen LogP contribution in [0, 0.1) is 5.92 Å². The lowest BCUT2D eigenvalue weighted by molar-refractivity contribution is 0.558. The number of fused-ring (bicyclic) bond motifs is 1. The van der Waals surface area contributed by atoms with E-state index in [1.165, 1.54) is 0 Å². The summed E-state index contributed by atoms with van der Waals surface area (Å²) in [5.41, 5.74) is 0. The number of hydrogen-bond donors (Lipinski definition) is 0. The number of rotatable bonds is 4. The van der Waals surface area contributed by atoms with Crippen LogP contribution in [0.1, 0.15) is 20.3 Å². The Bertz CT molecular complexity index is 511. The quantitative estimate of drug-likeness (QED) is 0.790. The molecule has 0 aliphatic rings. The van der Waals surface area contributed by atoms with Gasteiger partial charge in [-0.25, -0.2) is 4.98 Å². The Labute approximate surface area is 110 Å². The van der Waals surface area contributed by atoms with Crippen LogP contribution in [-0.2, 0) is 0 Å². The molecular formula is C12H16ClN3S. The van der Waals surface area contributed by atoms with Gasteiger partial charge >= 0.3 is 0 Å². The lowest BCUT2D eigenvalue weighted by Crippen LogP contribution is -2.24. The number of anilines is 1. The van der Waals surface area contributed by atoms with E-state index in [1.807, 2.05) is 5.38 Å². The van der Waals surface area contributed by atoms with Crippen LogP contribution in [0.5, 0.6) is 0 Å². The number of thiophene rings is 1. The molecule has 2 heterocycles. The van der Waals surface area contributed by atoms with E-state index >= 15 is 0 Å². The lowest BCUT2D eigenvalue weighted by Gasteiger charge is -2.22. The molecule has 0 aromatic carbocycles. The number of halogens is 1. The van der Waals surface area contributed by atoms with Gasteiger partial charge in [-0.15, -0.1) is 11.3 Å². The summed E-state index contributed by atoms with van der Waals surface area (Å²) in [5.74, 6) is 1.57. The molecule has 0 aliphatic carbocycles. The maximum absolute atomic E-state index is 5.95. The Morgan fingerprint density at radius 2 is 2.24 bits per heavy atom. The second-order valence-electron chi connectivity index (χ2n) is 4.35. The van der Waals surface area contributed by atoms with Crippen molar-refractivity contribution in [3.05, 3.63) is 16.7 Å². The highest BCUT2D eigenvalue weighted by molar-refractivity contribution is 7.16. The first-order valence-electron chi connectivity index (χ1n) is 5.73. The van der Waals surface area contributed by atoms with Gasteiger partial charge in [0.1, 0.15) is 10.6 Å². The van der Waals surface area contributed by atoms with Crippen molar-refractivity contribution < 1.29 is 0 Å². The van der Waals surface area contributed by atoms with Gasteiger partial charge in [0.25, 0.3) is 0 Å². The van der Waals surface area contributed by atoms with Crippen LogP contribution in [0.2, 0.25) is 5.28 Å². The van der Waals surface area contributed by atoms with Gasteiger partial charge in [-0.2, -0.15) is 4.98 Å². The van der Waals surface area contributed by atoms with E-state index in [4.69, 9.17) is 11.6 Å². The molecule has 1 unspecified atom stereocenters. The highest BCUT2D eigenvalue weighted by Gasteiger charge is 2.13. The van der Waals surface area contributed by atoms with Gasteiger partial charge in [0.05, 0.1) is 5.39 Å². The van der Waals surface area contributed by atoms with Crippen molar-refractivity contribution in [1.82, 2.24) is 9.97 Å². The Morgan fingerprint density at radius 1 is 1.47 bits per heavy atom. The Hall–Kier alpha value is -0.870. The molecule has 0 fully saturated rings. The topological polar surface area (TPSA) is 29.0 Å². The molecule has 2 aromatic heterocycles. The molecule has 0 saturated heterocycles. The smallest absolute Gasteiger partial charge is 0.225 e. The molecule has 0 bridgehead atoms. The SMILES string of the molecule is CCC(C)CN(C)c1nc(Cl)nc2sccc12. The van der Waals surface area contributed by atoms with E-state index < -0.39 is 0 Å². The highest BCUT2D eigenvalue weighted by Crippen LogP contribution is 2.28. The summed E-state index contributed by atoms with van der Waals surface area (Å²) in [7, 11) is 2.06. The monoisotopic (exact) mass is 269 g/mol. The maximum Gasteiger partial charge on any atom is 0.225 e. The van der Waals surface area contributed by atoms with Crippen molar-refractivity contribution in [3.8, 4) is 0 Å². The van der Waals surface area contributed by atoms with Crippen molar-refractivity contribution >= 4 is 39.0 Å². The van der Waals surface area contributed by atoms with E-state index in [-0.39, 0.29) is 0 Å². The summed E-state index contributed by atoms with van der Waals surface area (Å²) in [5, 5.41) is 3.44. The third-order valence-corrected chi connectivity index (χ3v) is 3.90. The van der Waals surface area contributed by atoms with E-state index in [0.29, 0.717) is 11.2 Å². The van der Waals surface area contributed by atoms with Crippen molar-refractivity contribution in [2.45, 2.75) is 20.3 Å².